The molecule has 0 aliphatic carbocycles. The third-order valence-electron chi connectivity index (χ3n) is 3.58. The van der Waals surface area contributed by atoms with Crippen LogP contribution in [-0.2, 0) is 19.9 Å². The number of hydrogen-bond donors (Lipinski definition) is 1. The van der Waals surface area contributed by atoms with Crippen molar-refractivity contribution in [1.29, 1.82) is 0 Å². The van der Waals surface area contributed by atoms with Gasteiger partial charge in [-0.25, -0.2) is 9.37 Å². The van der Waals surface area contributed by atoms with E-state index in [0.29, 0.717) is 0 Å². The van der Waals surface area contributed by atoms with Gasteiger partial charge in [0.2, 0.25) is 0 Å². The Labute approximate surface area is 117 Å². The smallest absolute Gasteiger partial charge is 0.123 e. The van der Waals surface area contributed by atoms with Crippen molar-refractivity contribution in [2.75, 3.05) is 13.1 Å². The first kappa shape index (κ1) is 13.1. The van der Waals surface area contributed by atoms with Gasteiger partial charge < -0.3 is 14.6 Å². The first-order chi connectivity index (χ1) is 9.72. The molecule has 0 amide bonds. The fraction of sp³-hybridized carbons (Fsp3) is 0.400. The molecule has 4 nitrogen and oxygen atoms in total. The van der Waals surface area contributed by atoms with Gasteiger partial charge in [0.1, 0.15) is 23.5 Å². The number of aryl methyl sites for hydroxylation is 1. The average Bonchev–Trinajstić information content (AvgIpc) is 3.00. The van der Waals surface area contributed by atoms with Crippen LogP contribution < -0.4 is 10.1 Å². The molecule has 0 saturated carbocycles. The SMILES string of the molecule is Cn1ccnc1CCNCC1Cc2cc(F)ccc2O1. The lowest BCUT2D eigenvalue weighted by atomic mass is 10.1. The van der Waals surface area contributed by atoms with Crippen molar-refractivity contribution in [2.45, 2.75) is 18.9 Å². The van der Waals surface area contributed by atoms with E-state index in [1.165, 1.54) is 6.07 Å². The number of hydrogen-bond acceptors (Lipinski definition) is 3. The summed E-state index contributed by atoms with van der Waals surface area (Å²) in [6, 6.07) is 4.71. The van der Waals surface area contributed by atoms with Crippen molar-refractivity contribution in [1.82, 2.24) is 14.9 Å². The first-order valence-corrected chi connectivity index (χ1v) is 6.84. The number of nitrogens with one attached hydrogen (secondary N) is 1. The molecular formula is C15H18FN3O. The highest BCUT2D eigenvalue weighted by Gasteiger charge is 2.22. The molecule has 0 saturated heterocycles. The van der Waals surface area contributed by atoms with E-state index in [-0.39, 0.29) is 11.9 Å². The molecule has 2 aromatic rings. The van der Waals surface area contributed by atoms with Crippen LogP contribution in [-0.4, -0.2) is 28.7 Å². The molecule has 1 atom stereocenters. The minimum Gasteiger partial charge on any atom is -0.488 e. The van der Waals surface area contributed by atoms with Crippen LogP contribution in [0.25, 0.3) is 0 Å². The van der Waals surface area contributed by atoms with Crippen molar-refractivity contribution in [3.05, 3.63) is 47.8 Å². The van der Waals surface area contributed by atoms with Crippen LogP contribution in [0.5, 0.6) is 5.75 Å². The Morgan fingerprint density at radius 3 is 3.20 bits per heavy atom. The molecule has 1 N–H and O–H groups in total. The lowest BCUT2D eigenvalue weighted by Crippen LogP contribution is -2.31. The van der Waals surface area contributed by atoms with E-state index >= 15 is 0 Å². The van der Waals surface area contributed by atoms with Gasteiger partial charge in [0, 0.05) is 50.9 Å². The van der Waals surface area contributed by atoms with Crippen molar-refractivity contribution in [3.8, 4) is 5.75 Å². The van der Waals surface area contributed by atoms with E-state index in [0.717, 1.165) is 43.1 Å². The van der Waals surface area contributed by atoms with Crippen LogP contribution >= 0.6 is 0 Å². The molecule has 3 rings (SSSR count). The molecule has 0 fully saturated rings. The van der Waals surface area contributed by atoms with Gasteiger partial charge in [0.25, 0.3) is 0 Å². The first-order valence-electron chi connectivity index (χ1n) is 6.84. The zero-order chi connectivity index (χ0) is 13.9. The number of aromatic nitrogens is 2. The summed E-state index contributed by atoms with van der Waals surface area (Å²) in [5, 5.41) is 3.37. The second-order valence-electron chi connectivity index (χ2n) is 5.10. The largest absolute Gasteiger partial charge is 0.488 e. The van der Waals surface area contributed by atoms with E-state index < -0.39 is 0 Å². The molecule has 0 radical (unpaired) electrons. The Hall–Kier alpha value is -1.88. The maximum absolute atomic E-state index is 13.1. The number of nitrogens with zero attached hydrogens (tertiary/aromatic N) is 2. The van der Waals surface area contributed by atoms with Crippen molar-refractivity contribution in [2.24, 2.45) is 7.05 Å². The minimum atomic E-state index is -0.198. The maximum Gasteiger partial charge on any atom is 0.123 e. The summed E-state index contributed by atoms with van der Waals surface area (Å²) in [5.41, 5.74) is 0.959. The summed E-state index contributed by atoms with van der Waals surface area (Å²) in [6.07, 6.45) is 5.50. The molecule has 5 heteroatoms. The highest BCUT2D eigenvalue weighted by molar-refractivity contribution is 5.37. The summed E-state index contributed by atoms with van der Waals surface area (Å²) < 4.78 is 20.9. The Morgan fingerprint density at radius 1 is 1.50 bits per heavy atom. The molecule has 2 heterocycles. The summed E-state index contributed by atoms with van der Waals surface area (Å²) in [5.74, 6) is 1.67. The van der Waals surface area contributed by atoms with Gasteiger partial charge in [-0.2, -0.15) is 0 Å². The lowest BCUT2D eigenvalue weighted by molar-refractivity contribution is 0.228. The summed E-state index contributed by atoms with van der Waals surface area (Å²) in [7, 11) is 1.99. The Kier molecular flexibility index (Phi) is 3.69. The predicted molar refractivity (Wildman–Crippen MR) is 74.3 cm³/mol. The number of rotatable bonds is 5. The normalized spacial score (nSPS) is 17.0. The Balaban J connectivity index is 1.44. The molecule has 0 bridgehead atoms. The Bertz CT molecular complexity index is 597. The molecule has 106 valence electrons. The standard InChI is InChI=1S/C15H18FN3O/c1-19-7-6-18-15(19)4-5-17-10-13-9-11-8-12(16)2-3-14(11)20-13/h2-3,6-8,13,17H,4-5,9-10H2,1H3. The maximum atomic E-state index is 13.1. The molecule has 1 unspecified atom stereocenters. The van der Waals surface area contributed by atoms with Crippen LogP contribution in [0.3, 0.4) is 0 Å². The van der Waals surface area contributed by atoms with Crippen LogP contribution in [0, 0.1) is 5.82 Å². The monoisotopic (exact) mass is 275 g/mol. The number of ether oxygens (including phenoxy) is 1. The number of imidazole rings is 1. The number of benzene rings is 1. The van der Waals surface area contributed by atoms with Crippen molar-refractivity contribution < 1.29 is 9.13 Å². The van der Waals surface area contributed by atoms with Gasteiger partial charge in [-0.05, 0) is 18.2 Å². The second-order valence-corrected chi connectivity index (χ2v) is 5.10. The summed E-state index contributed by atoms with van der Waals surface area (Å²) in [4.78, 5) is 4.28. The van der Waals surface area contributed by atoms with E-state index in [1.807, 2.05) is 17.8 Å². The van der Waals surface area contributed by atoms with Gasteiger partial charge in [0.15, 0.2) is 0 Å². The zero-order valence-electron chi connectivity index (χ0n) is 11.5. The van der Waals surface area contributed by atoms with Gasteiger partial charge in [-0.1, -0.05) is 0 Å². The molecule has 0 spiro atoms. The quantitative estimate of drug-likeness (QED) is 0.844. The van der Waals surface area contributed by atoms with Crippen LogP contribution in [0.15, 0.2) is 30.6 Å². The molecule has 1 aromatic carbocycles. The Morgan fingerprint density at radius 2 is 2.40 bits per heavy atom. The van der Waals surface area contributed by atoms with Crippen molar-refractivity contribution >= 4 is 0 Å². The molecule has 1 aromatic heterocycles. The van der Waals surface area contributed by atoms with Gasteiger partial charge in [-0.15, -0.1) is 0 Å². The molecule has 20 heavy (non-hydrogen) atoms. The second kappa shape index (κ2) is 5.63. The fourth-order valence-corrected chi connectivity index (χ4v) is 2.50. The van der Waals surface area contributed by atoms with Crippen LogP contribution in [0.2, 0.25) is 0 Å². The summed E-state index contributed by atoms with van der Waals surface area (Å²) in [6.45, 7) is 1.62. The number of halogens is 1. The zero-order valence-corrected chi connectivity index (χ0v) is 11.5. The van der Waals surface area contributed by atoms with Crippen molar-refractivity contribution in [3.63, 3.8) is 0 Å². The van der Waals surface area contributed by atoms with E-state index in [4.69, 9.17) is 4.74 Å². The minimum absolute atomic E-state index is 0.0909. The van der Waals surface area contributed by atoms with E-state index in [9.17, 15) is 4.39 Å². The third kappa shape index (κ3) is 2.82. The average molecular weight is 275 g/mol. The highest BCUT2D eigenvalue weighted by Crippen LogP contribution is 2.28. The topological polar surface area (TPSA) is 39.1 Å². The van der Waals surface area contributed by atoms with Gasteiger partial charge in [0.05, 0.1) is 0 Å². The molecule has 1 aliphatic heterocycles. The van der Waals surface area contributed by atoms with Crippen LogP contribution in [0.1, 0.15) is 11.4 Å². The molecule has 1 aliphatic rings. The predicted octanol–water partition coefficient (Wildman–Crippen LogP) is 1.69. The van der Waals surface area contributed by atoms with Gasteiger partial charge in [-0.3, -0.25) is 0 Å². The fourth-order valence-electron chi connectivity index (χ4n) is 2.50. The van der Waals surface area contributed by atoms with Gasteiger partial charge >= 0.3 is 0 Å². The molecular weight excluding hydrogens is 257 g/mol. The number of fused-ring (bicyclic) bond motifs is 1. The van der Waals surface area contributed by atoms with Crippen LogP contribution in [0.4, 0.5) is 4.39 Å². The summed E-state index contributed by atoms with van der Waals surface area (Å²) >= 11 is 0. The van der Waals surface area contributed by atoms with E-state index in [1.54, 1.807) is 18.3 Å². The van der Waals surface area contributed by atoms with E-state index in [2.05, 4.69) is 10.3 Å². The lowest BCUT2D eigenvalue weighted by Gasteiger charge is -2.11. The third-order valence-corrected chi connectivity index (χ3v) is 3.58. The highest BCUT2D eigenvalue weighted by atomic mass is 19.1.